The molecule has 2 aromatic rings. The van der Waals surface area contributed by atoms with E-state index in [0.29, 0.717) is 29.4 Å². The van der Waals surface area contributed by atoms with Gasteiger partial charge in [0, 0.05) is 11.6 Å². The Hall–Kier alpha value is -3.28. The molecular formula is C22H23NO5. The van der Waals surface area contributed by atoms with E-state index in [0.717, 1.165) is 5.56 Å². The van der Waals surface area contributed by atoms with E-state index >= 15 is 0 Å². The predicted molar refractivity (Wildman–Crippen MR) is 107 cm³/mol. The average molecular weight is 381 g/mol. The average Bonchev–Trinajstić information content (AvgIpc) is 2.72. The summed E-state index contributed by atoms with van der Waals surface area (Å²) >= 11 is 0. The Morgan fingerprint density at radius 2 is 2.00 bits per heavy atom. The summed E-state index contributed by atoms with van der Waals surface area (Å²) in [5.41, 5.74) is 1.51. The Labute approximate surface area is 164 Å². The maximum absolute atomic E-state index is 13.4. The molecule has 0 spiro atoms. The minimum Gasteiger partial charge on any atom is -0.497 e. The van der Waals surface area contributed by atoms with Crippen molar-refractivity contribution in [2.75, 3.05) is 19.1 Å². The molecule has 0 aliphatic carbocycles. The fourth-order valence-electron chi connectivity index (χ4n) is 3.18. The van der Waals surface area contributed by atoms with E-state index in [9.17, 15) is 9.59 Å². The Kier molecular flexibility index (Phi) is 5.68. The van der Waals surface area contributed by atoms with Crippen LogP contribution in [0.5, 0.6) is 17.2 Å². The van der Waals surface area contributed by atoms with Crippen LogP contribution in [0.25, 0.3) is 6.08 Å². The van der Waals surface area contributed by atoms with Gasteiger partial charge in [-0.15, -0.1) is 0 Å². The number of ether oxygens (including phenoxy) is 3. The van der Waals surface area contributed by atoms with E-state index < -0.39 is 17.9 Å². The molecule has 1 aliphatic rings. The molecule has 6 nitrogen and oxygen atoms in total. The van der Waals surface area contributed by atoms with E-state index in [-0.39, 0.29) is 5.56 Å². The number of benzene rings is 2. The highest BCUT2D eigenvalue weighted by Crippen LogP contribution is 2.40. The first kappa shape index (κ1) is 19.5. The summed E-state index contributed by atoms with van der Waals surface area (Å²) < 4.78 is 16.5. The van der Waals surface area contributed by atoms with Crippen LogP contribution in [0, 0.1) is 0 Å². The summed E-state index contributed by atoms with van der Waals surface area (Å²) in [5, 5.41) is 0. The van der Waals surface area contributed by atoms with Gasteiger partial charge in [-0.2, -0.15) is 0 Å². The van der Waals surface area contributed by atoms with Crippen LogP contribution >= 0.6 is 0 Å². The number of hydrogen-bond acceptors (Lipinski definition) is 5. The quantitative estimate of drug-likeness (QED) is 0.730. The van der Waals surface area contributed by atoms with Crippen molar-refractivity contribution in [2.45, 2.75) is 26.4 Å². The first-order chi connectivity index (χ1) is 13.5. The van der Waals surface area contributed by atoms with Crippen molar-refractivity contribution in [3.63, 3.8) is 0 Å². The zero-order valence-electron chi connectivity index (χ0n) is 16.4. The highest BCUT2D eigenvalue weighted by atomic mass is 16.5. The van der Waals surface area contributed by atoms with Crippen molar-refractivity contribution in [3.8, 4) is 17.2 Å². The topological polar surface area (TPSA) is 65.1 Å². The van der Waals surface area contributed by atoms with Crippen LogP contribution in [-0.4, -0.2) is 32.1 Å². The predicted octanol–water partition coefficient (Wildman–Crippen LogP) is 4.08. The SMILES string of the molecule is CC=Cc1cccc2c1OC(CC)C(=O)N2C(=O)c1ccc(OC)cc1OC. The van der Waals surface area contributed by atoms with Gasteiger partial charge in [0.15, 0.2) is 11.9 Å². The summed E-state index contributed by atoms with van der Waals surface area (Å²) in [6, 6.07) is 10.3. The van der Waals surface area contributed by atoms with Gasteiger partial charge in [0.2, 0.25) is 0 Å². The number of carbonyl (C=O) groups excluding carboxylic acids is 2. The highest BCUT2D eigenvalue weighted by Gasteiger charge is 2.39. The minimum absolute atomic E-state index is 0.274. The van der Waals surface area contributed by atoms with Gasteiger partial charge < -0.3 is 14.2 Å². The van der Waals surface area contributed by atoms with E-state index in [1.54, 1.807) is 30.3 Å². The molecule has 0 bridgehead atoms. The van der Waals surface area contributed by atoms with Crippen LogP contribution in [-0.2, 0) is 4.79 Å². The maximum Gasteiger partial charge on any atom is 0.275 e. The van der Waals surface area contributed by atoms with Gasteiger partial charge in [-0.1, -0.05) is 31.2 Å². The number of methoxy groups -OCH3 is 2. The first-order valence-corrected chi connectivity index (χ1v) is 9.08. The fraction of sp³-hybridized carbons (Fsp3) is 0.273. The van der Waals surface area contributed by atoms with Crippen LogP contribution < -0.4 is 19.1 Å². The van der Waals surface area contributed by atoms with Gasteiger partial charge in [0.25, 0.3) is 11.8 Å². The molecule has 0 saturated heterocycles. The Bertz CT molecular complexity index is 935. The Morgan fingerprint density at radius 1 is 1.21 bits per heavy atom. The van der Waals surface area contributed by atoms with E-state index in [2.05, 4.69) is 0 Å². The van der Waals surface area contributed by atoms with Crippen molar-refractivity contribution < 1.29 is 23.8 Å². The number of anilines is 1. The molecule has 0 fully saturated rings. The van der Waals surface area contributed by atoms with E-state index in [1.165, 1.54) is 19.1 Å². The minimum atomic E-state index is -0.730. The molecule has 1 aliphatic heterocycles. The second-order valence-electron chi connectivity index (χ2n) is 6.26. The summed E-state index contributed by atoms with van der Waals surface area (Å²) in [7, 11) is 3.01. The van der Waals surface area contributed by atoms with Gasteiger partial charge in [0.1, 0.15) is 11.5 Å². The zero-order chi connectivity index (χ0) is 20.3. The molecule has 0 aromatic heterocycles. The van der Waals surface area contributed by atoms with Crippen LogP contribution in [0.15, 0.2) is 42.5 Å². The number of para-hydroxylation sites is 1. The van der Waals surface area contributed by atoms with E-state index in [1.807, 2.05) is 32.1 Å². The number of amides is 2. The van der Waals surface area contributed by atoms with Crippen LogP contribution in [0.2, 0.25) is 0 Å². The molecule has 0 saturated carbocycles. The van der Waals surface area contributed by atoms with Crippen molar-refractivity contribution in [1.82, 2.24) is 0 Å². The lowest BCUT2D eigenvalue weighted by atomic mass is 10.0. The van der Waals surface area contributed by atoms with Gasteiger partial charge in [-0.05, 0) is 31.5 Å². The van der Waals surface area contributed by atoms with Gasteiger partial charge in [-0.25, -0.2) is 4.90 Å². The lowest BCUT2D eigenvalue weighted by Gasteiger charge is -2.33. The van der Waals surface area contributed by atoms with Gasteiger partial charge in [-0.3, -0.25) is 9.59 Å². The highest BCUT2D eigenvalue weighted by molar-refractivity contribution is 6.24. The number of carbonyl (C=O) groups is 2. The summed E-state index contributed by atoms with van der Waals surface area (Å²) in [6.07, 6.45) is 3.49. The molecule has 6 heteroatoms. The van der Waals surface area contributed by atoms with Crippen molar-refractivity contribution in [2.24, 2.45) is 0 Å². The lowest BCUT2D eigenvalue weighted by molar-refractivity contribution is -0.125. The lowest BCUT2D eigenvalue weighted by Crippen LogP contribution is -2.49. The number of imide groups is 1. The second kappa shape index (κ2) is 8.17. The van der Waals surface area contributed by atoms with Crippen molar-refractivity contribution in [3.05, 3.63) is 53.6 Å². The molecule has 0 N–H and O–H groups in total. The molecule has 1 heterocycles. The molecule has 2 amide bonds. The largest absolute Gasteiger partial charge is 0.497 e. The maximum atomic E-state index is 13.4. The molecule has 146 valence electrons. The first-order valence-electron chi connectivity index (χ1n) is 9.08. The third-order valence-electron chi connectivity index (χ3n) is 4.58. The summed E-state index contributed by atoms with van der Waals surface area (Å²) in [4.78, 5) is 27.6. The number of nitrogens with zero attached hydrogens (tertiary/aromatic N) is 1. The second-order valence-corrected chi connectivity index (χ2v) is 6.26. The van der Waals surface area contributed by atoms with Crippen LogP contribution in [0.3, 0.4) is 0 Å². The summed E-state index contributed by atoms with van der Waals surface area (Å²) in [6.45, 7) is 3.75. The van der Waals surface area contributed by atoms with E-state index in [4.69, 9.17) is 14.2 Å². The molecule has 28 heavy (non-hydrogen) atoms. The number of allylic oxidation sites excluding steroid dienone is 1. The molecule has 3 rings (SSSR count). The monoisotopic (exact) mass is 381 g/mol. The van der Waals surface area contributed by atoms with Crippen molar-refractivity contribution >= 4 is 23.6 Å². The molecular weight excluding hydrogens is 358 g/mol. The Morgan fingerprint density at radius 3 is 2.64 bits per heavy atom. The fourth-order valence-corrected chi connectivity index (χ4v) is 3.18. The normalized spacial score (nSPS) is 15.9. The third kappa shape index (κ3) is 3.33. The number of hydrogen-bond donors (Lipinski definition) is 0. The van der Waals surface area contributed by atoms with Crippen molar-refractivity contribution in [1.29, 1.82) is 0 Å². The molecule has 2 aromatic carbocycles. The van der Waals surface area contributed by atoms with Gasteiger partial charge in [0.05, 0.1) is 25.5 Å². The smallest absolute Gasteiger partial charge is 0.275 e. The number of fused-ring (bicyclic) bond motifs is 1. The van der Waals surface area contributed by atoms with Gasteiger partial charge >= 0.3 is 0 Å². The zero-order valence-corrected chi connectivity index (χ0v) is 16.4. The Balaban J connectivity index is 2.14. The summed E-state index contributed by atoms with van der Waals surface area (Å²) in [5.74, 6) is 0.556. The molecule has 1 unspecified atom stereocenters. The standard InChI is InChI=1S/C22H23NO5/c1-5-8-14-9-7-10-17-20(14)28-18(6-2)22(25)23(17)21(24)16-12-11-15(26-3)13-19(16)27-4/h5,7-13,18H,6H2,1-4H3. The number of rotatable bonds is 5. The van der Waals surface area contributed by atoms with Crippen LogP contribution in [0.4, 0.5) is 5.69 Å². The van der Waals surface area contributed by atoms with Crippen LogP contribution in [0.1, 0.15) is 36.2 Å². The third-order valence-corrected chi connectivity index (χ3v) is 4.58. The molecule has 0 radical (unpaired) electrons. The molecule has 1 atom stereocenters.